The van der Waals surface area contributed by atoms with Gasteiger partial charge in [-0.05, 0) is 18.2 Å². The molecule has 0 aliphatic rings. The zero-order valence-electron chi connectivity index (χ0n) is 8.16. The molecule has 4 nitrogen and oxygen atoms in total. The van der Waals surface area contributed by atoms with Crippen LogP contribution in [-0.4, -0.2) is 27.5 Å². The van der Waals surface area contributed by atoms with Gasteiger partial charge >= 0.3 is 0 Å². The van der Waals surface area contributed by atoms with Gasteiger partial charge in [0.05, 0.1) is 5.02 Å². The standard InChI is InChI=1S/C8H10BrClN2O2S/c1-12(2)11-15(13,14)8-4-3-6(9)5-7(8)10/h3-5,11H,1-2H3. The van der Waals surface area contributed by atoms with Gasteiger partial charge in [-0.1, -0.05) is 27.5 Å². The maximum Gasteiger partial charge on any atom is 0.254 e. The number of nitrogens with zero attached hydrogens (tertiary/aromatic N) is 1. The molecule has 0 aliphatic heterocycles. The van der Waals surface area contributed by atoms with E-state index < -0.39 is 10.0 Å². The van der Waals surface area contributed by atoms with Crippen molar-refractivity contribution in [2.75, 3.05) is 14.1 Å². The molecule has 7 heteroatoms. The van der Waals surface area contributed by atoms with E-state index in [0.29, 0.717) is 0 Å². The minimum atomic E-state index is -3.58. The molecule has 0 radical (unpaired) electrons. The van der Waals surface area contributed by atoms with E-state index >= 15 is 0 Å². The van der Waals surface area contributed by atoms with Crippen molar-refractivity contribution < 1.29 is 8.42 Å². The van der Waals surface area contributed by atoms with E-state index in [1.54, 1.807) is 20.2 Å². The van der Waals surface area contributed by atoms with Crippen LogP contribution in [-0.2, 0) is 10.0 Å². The lowest BCUT2D eigenvalue weighted by Gasteiger charge is -2.13. The summed E-state index contributed by atoms with van der Waals surface area (Å²) in [5.41, 5.74) is 0. The second kappa shape index (κ2) is 4.80. The van der Waals surface area contributed by atoms with Crippen LogP contribution in [0.3, 0.4) is 0 Å². The molecule has 0 unspecified atom stereocenters. The molecule has 0 bridgehead atoms. The van der Waals surface area contributed by atoms with E-state index in [1.807, 2.05) is 0 Å². The summed E-state index contributed by atoms with van der Waals surface area (Å²) in [7, 11) is -0.409. The second-order valence-electron chi connectivity index (χ2n) is 3.06. The lowest BCUT2D eigenvalue weighted by atomic mass is 10.4. The third kappa shape index (κ3) is 3.42. The Balaban J connectivity index is 3.16. The molecule has 15 heavy (non-hydrogen) atoms. The van der Waals surface area contributed by atoms with Crippen LogP contribution in [0.15, 0.2) is 27.6 Å². The summed E-state index contributed by atoms with van der Waals surface area (Å²) in [6, 6.07) is 4.60. The molecule has 84 valence electrons. The SMILES string of the molecule is CN(C)NS(=O)(=O)c1ccc(Br)cc1Cl. The van der Waals surface area contributed by atoms with Crippen LogP contribution >= 0.6 is 27.5 Å². The number of benzene rings is 1. The van der Waals surface area contributed by atoms with Gasteiger partial charge in [0.15, 0.2) is 0 Å². The van der Waals surface area contributed by atoms with Gasteiger partial charge < -0.3 is 0 Å². The van der Waals surface area contributed by atoms with Crippen molar-refractivity contribution in [3.8, 4) is 0 Å². The Labute approximate surface area is 102 Å². The summed E-state index contributed by atoms with van der Waals surface area (Å²) >= 11 is 9.03. The van der Waals surface area contributed by atoms with Gasteiger partial charge in [0.25, 0.3) is 10.0 Å². The first-order valence-corrected chi connectivity index (χ1v) is 6.63. The highest BCUT2D eigenvalue weighted by atomic mass is 79.9. The van der Waals surface area contributed by atoms with Gasteiger partial charge in [-0.15, -0.1) is 4.83 Å². The molecule has 0 saturated heterocycles. The van der Waals surface area contributed by atoms with Crippen molar-refractivity contribution in [1.82, 2.24) is 9.84 Å². The van der Waals surface area contributed by atoms with Crippen LogP contribution in [0.2, 0.25) is 5.02 Å². The minimum Gasteiger partial charge on any atom is -0.237 e. The summed E-state index contributed by atoms with van der Waals surface area (Å²) in [6.07, 6.45) is 0. The molecule has 0 amide bonds. The van der Waals surface area contributed by atoms with E-state index in [0.717, 1.165) is 4.47 Å². The molecule has 1 N–H and O–H groups in total. The molecular formula is C8H10BrClN2O2S. The fourth-order valence-electron chi connectivity index (χ4n) is 0.983. The molecule has 0 aliphatic carbocycles. The van der Waals surface area contributed by atoms with E-state index in [9.17, 15) is 8.42 Å². The van der Waals surface area contributed by atoms with Gasteiger partial charge in [0.2, 0.25) is 0 Å². The van der Waals surface area contributed by atoms with Crippen molar-refractivity contribution >= 4 is 37.6 Å². The average Bonchev–Trinajstić information content (AvgIpc) is 1.99. The average molecular weight is 314 g/mol. The number of hydrogen-bond donors (Lipinski definition) is 1. The predicted octanol–water partition coefficient (Wildman–Crippen LogP) is 1.86. The molecule has 0 fully saturated rings. The Morgan fingerprint density at radius 3 is 2.47 bits per heavy atom. The highest BCUT2D eigenvalue weighted by Gasteiger charge is 2.18. The molecule has 0 heterocycles. The van der Waals surface area contributed by atoms with Gasteiger partial charge in [-0.2, -0.15) is 0 Å². The maximum absolute atomic E-state index is 11.7. The van der Waals surface area contributed by atoms with Gasteiger partial charge in [0.1, 0.15) is 4.90 Å². The van der Waals surface area contributed by atoms with E-state index in [4.69, 9.17) is 11.6 Å². The van der Waals surface area contributed by atoms with Crippen LogP contribution < -0.4 is 4.83 Å². The smallest absolute Gasteiger partial charge is 0.237 e. The third-order valence-electron chi connectivity index (χ3n) is 1.49. The fraction of sp³-hybridized carbons (Fsp3) is 0.250. The number of sulfonamides is 1. The minimum absolute atomic E-state index is 0.0565. The van der Waals surface area contributed by atoms with Gasteiger partial charge in [-0.3, -0.25) is 0 Å². The molecule has 1 rings (SSSR count). The Morgan fingerprint density at radius 1 is 1.40 bits per heavy atom. The lowest BCUT2D eigenvalue weighted by Crippen LogP contribution is -2.36. The van der Waals surface area contributed by atoms with Crippen LogP contribution in [0.5, 0.6) is 0 Å². The predicted molar refractivity (Wildman–Crippen MR) is 63.2 cm³/mol. The zero-order valence-corrected chi connectivity index (χ0v) is 11.3. The first-order valence-electron chi connectivity index (χ1n) is 3.98. The van der Waals surface area contributed by atoms with Gasteiger partial charge in [-0.25, -0.2) is 13.4 Å². The third-order valence-corrected chi connectivity index (χ3v) is 3.94. The molecule has 0 saturated carbocycles. The zero-order chi connectivity index (χ0) is 11.6. The van der Waals surface area contributed by atoms with E-state index in [1.165, 1.54) is 17.1 Å². The molecule has 0 aromatic heterocycles. The number of nitrogens with one attached hydrogen (secondary N) is 1. The van der Waals surface area contributed by atoms with Crippen molar-refractivity contribution in [3.63, 3.8) is 0 Å². The van der Waals surface area contributed by atoms with Gasteiger partial charge in [0, 0.05) is 18.6 Å². The number of hydrogen-bond acceptors (Lipinski definition) is 3. The lowest BCUT2D eigenvalue weighted by molar-refractivity contribution is 0.364. The Bertz CT molecular complexity index is 462. The second-order valence-corrected chi connectivity index (χ2v) is 6.02. The Hall–Kier alpha value is -0.140. The number of halogens is 2. The quantitative estimate of drug-likeness (QED) is 0.867. The first kappa shape index (κ1) is 12.9. The van der Waals surface area contributed by atoms with E-state index in [2.05, 4.69) is 20.8 Å². The summed E-state index contributed by atoms with van der Waals surface area (Å²) in [5.74, 6) is 0. The molecule has 0 atom stereocenters. The molecular weight excluding hydrogens is 304 g/mol. The molecule has 0 spiro atoms. The van der Waals surface area contributed by atoms with Crippen molar-refractivity contribution in [2.45, 2.75) is 4.90 Å². The van der Waals surface area contributed by atoms with Crippen molar-refractivity contribution in [2.24, 2.45) is 0 Å². The van der Waals surface area contributed by atoms with Crippen molar-refractivity contribution in [1.29, 1.82) is 0 Å². The normalized spacial score (nSPS) is 12.1. The van der Waals surface area contributed by atoms with Crippen LogP contribution in [0.4, 0.5) is 0 Å². The highest BCUT2D eigenvalue weighted by molar-refractivity contribution is 9.10. The summed E-state index contributed by atoms with van der Waals surface area (Å²) < 4.78 is 24.2. The summed E-state index contributed by atoms with van der Waals surface area (Å²) in [4.78, 5) is 2.36. The van der Waals surface area contributed by atoms with Crippen molar-refractivity contribution in [3.05, 3.63) is 27.7 Å². The Kier molecular flexibility index (Phi) is 4.13. The monoisotopic (exact) mass is 312 g/mol. The van der Waals surface area contributed by atoms with E-state index in [-0.39, 0.29) is 9.92 Å². The number of rotatable bonds is 3. The molecule has 1 aromatic carbocycles. The van der Waals surface area contributed by atoms with Crippen LogP contribution in [0.25, 0.3) is 0 Å². The largest absolute Gasteiger partial charge is 0.254 e. The van der Waals surface area contributed by atoms with Crippen LogP contribution in [0, 0.1) is 0 Å². The Morgan fingerprint density at radius 2 is 2.00 bits per heavy atom. The maximum atomic E-state index is 11.7. The molecule has 1 aromatic rings. The summed E-state index contributed by atoms with van der Waals surface area (Å²) in [6.45, 7) is 0. The summed E-state index contributed by atoms with van der Waals surface area (Å²) in [5, 5.41) is 1.52. The number of hydrazine groups is 1. The topological polar surface area (TPSA) is 49.4 Å². The first-order chi connectivity index (χ1) is 6.83. The van der Waals surface area contributed by atoms with Crippen LogP contribution in [0.1, 0.15) is 0 Å². The highest BCUT2D eigenvalue weighted by Crippen LogP contribution is 2.24. The fourth-order valence-corrected chi connectivity index (χ4v) is 3.10.